The van der Waals surface area contributed by atoms with Crippen molar-refractivity contribution in [2.45, 2.75) is 38.1 Å². The first-order valence-electron chi connectivity index (χ1n) is 4.82. The van der Waals surface area contributed by atoms with Crippen molar-refractivity contribution in [1.29, 1.82) is 0 Å². The van der Waals surface area contributed by atoms with Gasteiger partial charge >= 0.3 is 6.09 Å². The van der Waals surface area contributed by atoms with E-state index in [2.05, 4.69) is 21.2 Å². The Bertz CT molecular complexity index is 160. The summed E-state index contributed by atoms with van der Waals surface area (Å²) in [6, 6.07) is 0.398. The van der Waals surface area contributed by atoms with Crippen molar-refractivity contribution < 1.29 is 9.53 Å². The Balaban J connectivity index is 1.83. The van der Waals surface area contributed by atoms with Crippen LogP contribution in [0.3, 0.4) is 0 Å². The molecule has 1 N–H and O–H groups in total. The van der Waals surface area contributed by atoms with Crippen LogP contribution in [0.5, 0.6) is 0 Å². The van der Waals surface area contributed by atoms with Crippen LogP contribution in [0.1, 0.15) is 32.1 Å². The molecule has 0 heterocycles. The van der Waals surface area contributed by atoms with Crippen LogP contribution in [0.4, 0.5) is 4.79 Å². The fourth-order valence-corrected chi connectivity index (χ4v) is 1.37. The number of unbranched alkanes of at least 4 members (excludes halogenated alkanes) is 2. The third-order valence-electron chi connectivity index (χ3n) is 1.91. The summed E-state index contributed by atoms with van der Waals surface area (Å²) in [5.41, 5.74) is 0. The van der Waals surface area contributed by atoms with Crippen LogP contribution in [0, 0.1) is 0 Å². The minimum absolute atomic E-state index is 0.249. The highest BCUT2D eigenvalue weighted by Gasteiger charge is 2.23. The lowest BCUT2D eigenvalue weighted by Gasteiger charge is -2.04. The van der Waals surface area contributed by atoms with Gasteiger partial charge in [-0.25, -0.2) is 4.79 Å². The normalized spacial score (nSPS) is 15.5. The highest BCUT2D eigenvalue weighted by atomic mass is 79.9. The first-order valence-corrected chi connectivity index (χ1v) is 5.94. The summed E-state index contributed by atoms with van der Waals surface area (Å²) in [5, 5.41) is 3.80. The summed E-state index contributed by atoms with van der Waals surface area (Å²) in [7, 11) is 0. The van der Waals surface area contributed by atoms with Crippen molar-refractivity contribution >= 4 is 22.0 Å². The third-order valence-corrected chi connectivity index (χ3v) is 2.47. The first-order chi connectivity index (χ1) is 6.33. The maximum atomic E-state index is 11.0. The van der Waals surface area contributed by atoms with Crippen LogP contribution in [0.15, 0.2) is 0 Å². The molecule has 13 heavy (non-hydrogen) atoms. The molecule has 1 fully saturated rings. The number of hydrogen-bond donors (Lipinski definition) is 1. The molecule has 0 atom stereocenters. The van der Waals surface area contributed by atoms with E-state index in [0.717, 1.165) is 37.4 Å². The van der Waals surface area contributed by atoms with Gasteiger partial charge in [0.15, 0.2) is 0 Å². The quantitative estimate of drug-likeness (QED) is 0.580. The molecule has 1 rings (SSSR count). The van der Waals surface area contributed by atoms with Crippen molar-refractivity contribution in [2.75, 3.05) is 11.9 Å². The van der Waals surface area contributed by atoms with Crippen molar-refractivity contribution in [2.24, 2.45) is 0 Å². The zero-order valence-electron chi connectivity index (χ0n) is 7.72. The smallest absolute Gasteiger partial charge is 0.407 e. The molecule has 0 aromatic rings. The molecule has 76 valence electrons. The van der Waals surface area contributed by atoms with Crippen LogP contribution in [0.25, 0.3) is 0 Å². The van der Waals surface area contributed by atoms with Crippen molar-refractivity contribution in [3.63, 3.8) is 0 Å². The lowest BCUT2D eigenvalue weighted by atomic mass is 10.3. The van der Waals surface area contributed by atoms with E-state index in [1.54, 1.807) is 0 Å². The van der Waals surface area contributed by atoms with Crippen molar-refractivity contribution in [3.8, 4) is 0 Å². The Kier molecular flexibility index (Phi) is 5.20. The fourth-order valence-electron chi connectivity index (χ4n) is 0.974. The molecule has 1 saturated carbocycles. The van der Waals surface area contributed by atoms with Crippen LogP contribution in [-0.2, 0) is 4.74 Å². The Hall–Kier alpha value is -0.250. The molecule has 1 amide bonds. The number of halogens is 1. The molecule has 3 nitrogen and oxygen atoms in total. The number of nitrogens with one attached hydrogen (secondary N) is 1. The second-order valence-electron chi connectivity index (χ2n) is 3.30. The van der Waals surface area contributed by atoms with Gasteiger partial charge in [-0.05, 0) is 32.1 Å². The van der Waals surface area contributed by atoms with Gasteiger partial charge in [-0.15, -0.1) is 0 Å². The van der Waals surface area contributed by atoms with Crippen molar-refractivity contribution in [3.05, 3.63) is 0 Å². The van der Waals surface area contributed by atoms with E-state index in [4.69, 9.17) is 4.74 Å². The Morgan fingerprint density at radius 3 is 2.77 bits per heavy atom. The number of amides is 1. The van der Waals surface area contributed by atoms with E-state index in [-0.39, 0.29) is 6.09 Å². The summed E-state index contributed by atoms with van der Waals surface area (Å²) < 4.78 is 4.97. The van der Waals surface area contributed by atoms with Crippen LogP contribution >= 0.6 is 15.9 Å². The largest absolute Gasteiger partial charge is 0.450 e. The van der Waals surface area contributed by atoms with E-state index >= 15 is 0 Å². The molecule has 1 aliphatic rings. The molecular formula is C9H16BrNO2. The average molecular weight is 250 g/mol. The van der Waals surface area contributed by atoms with E-state index in [9.17, 15) is 4.79 Å². The Labute approximate surface area is 87.3 Å². The summed E-state index contributed by atoms with van der Waals surface area (Å²) in [6.07, 6.45) is 5.19. The number of alkyl halides is 1. The van der Waals surface area contributed by atoms with E-state index in [0.29, 0.717) is 12.6 Å². The lowest BCUT2D eigenvalue weighted by molar-refractivity contribution is 0.143. The lowest BCUT2D eigenvalue weighted by Crippen LogP contribution is -2.26. The summed E-state index contributed by atoms with van der Waals surface area (Å²) >= 11 is 3.35. The standard InChI is InChI=1S/C9H16BrNO2/c10-6-2-1-3-7-13-9(12)11-8-4-5-8/h8H,1-7H2,(H,11,12). The van der Waals surface area contributed by atoms with Gasteiger partial charge in [0.25, 0.3) is 0 Å². The SMILES string of the molecule is O=C(NC1CC1)OCCCCCBr. The zero-order chi connectivity index (χ0) is 9.52. The minimum atomic E-state index is -0.249. The maximum Gasteiger partial charge on any atom is 0.407 e. The minimum Gasteiger partial charge on any atom is -0.450 e. The highest BCUT2D eigenvalue weighted by molar-refractivity contribution is 9.09. The predicted molar refractivity (Wildman–Crippen MR) is 55.2 cm³/mol. The number of alkyl carbamates (subject to hydrolysis) is 1. The molecule has 0 spiro atoms. The van der Waals surface area contributed by atoms with E-state index in [1.807, 2.05) is 0 Å². The Morgan fingerprint density at radius 2 is 2.15 bits per heavy atom. The molecule has 0 radical (unpaired) electrons. The molecule has 4 heteroatoms. The molecule has 0 saturated heterocycles. The van der Waals surface area contributed by atoms with Gasteiger partial charge in [0.05, 0.1) is 6.61 Å². The van der Waals surface area contributed by atoms with Gasteiger partial charge in [-0.3, -0.25) is 0 Å². The van der Waals surface area contributed by atoms with Crippen LogP contribution < -0.4 is 5.32 Å². The molecule has 0 aliphatic heterocycles. The van der Waals surface area contributed by atoms with Gasteiger partial charge < -0.3 is 10.1 Å². The highest BCUT2D eigenvalue weighted by Crippen LogP contribution is 2.18. The Morgan fingerprint density at radius 1 is 1.38 bits per heavy atom. The molecule has 0 aromatic heterocycles. The van der Waals surface area contributed by atoms with Gasteiger partial charge in [-0.1, -0.05) is 15.9 Å². The van der Waals surface area contributed by atoms with E-state index < -0.39 is 0 Å². The van der Waals surface area contributed by atoms with E-state index in [1.165, 1.54) is 0 Å². The molecule has 1 aliphatic carbocycles. The summed E-state index contributed by atoms with van der Waals surface area (Å²) in [4.78, 5) is 11.0. The number of ether oxygens (including phenoxy) is 1. The number of rotatable bonds is 6. The number of hydrogen-bond acceptors (Lipinski definition) is 2. The second kappa shape index (κ2) is 6.24. The second-order valence-corrected chi connectivity index (χ2v) is 4.10. The zero-order valence-corrected chi connectivity index (χ0v) is 9.31. The van der Waals surface area contributed by atoms with Gasteiger partial charge in [-0.2, -0.15) is 0 Å². The molecule has 0 unspecified atom stereocenters. The number of carbonyl (C=O) groups excluding carboxylic acids is 1. The topological polar surface area (TPSA) is 38.3 Å². The van der Waals surface area contributed by atoms with Crippen LogP contribution in [-0.4, -0.2) is 24.1 Å². The molecular weight excluding hydrogens is 234 g/mol. The summed E-state index contributed by atoms with van der Waals surface area (Å²) in [5.74, 6) is 0. The van der Waals surface area contributed by atoms with Gasteiger partial charge in [0, 0.05) is 11.4 Å². The average Bonchev–Trinajstić information content (AvgIpc) is 2.88. The van der Waals surface area contributed by atoms with Crippen LogP contribution in [0.2, 0.25) is 0 Å². The van der Waals surface area contributed by atoms with Gasteiger partial charge in [0.2, 0.25) is 0 Å². The number of carbonyl (C=O) groups is 1. The first kappa shape index (κ1) is 10.8. The van der Waals surface area contributed by atoms with Gasteiger partial charge in [0.1, 0.15) is 0 Å². The third kappa shape index (κ3) is 5.91. The predicted octanol–water partition coefficient (Wildman–Crippen LogP) is 2.44. The summed E-state index contributed by atoms with van der Waals surface area (Å²) in [6.45, 7) is 0.547. The van der Waals surface area contributed by atoms with Crippen molar-refractivity contribution in [1.82, 2.24) is 5.32 Å². The maximum absolute atomic E-state index is 11.0. The molecule has 0 aromatic carbocycles. The monoisotopic (exact) mass is 249 g/mol. The molecule has 0 bridgehead atoms. The fraction of sp³-hybridized carbons (Fsp3) is 0.889.